The normalized spacial score (nSPS) is 10.2. The molecule has 0 fully saturated rings. The lowest BCUT2D eigenvalue weighted by Gasteiger charge is -2.04. The molecule has 2 aromatic rings. The molecule has 1 aromatic carbocycles. The number of aromatic nitrogens is 2. The molecule has 0 saturated heterocycles. The Hall–Kier alpha value is -2.48. The van der Waals surface area contributed by atoms with Crippen LogP contribution in [0.1, 0.15) is 23.4 Å². The van der Waals surface area contributed by atoms with Crippen LogP contribution < -0.4 is 5.32 Å². The number of carbonyl (C=O) groups is 2. The lowest BCUT2D eigenvalue weighted by atomic mass is 10.2. The zero-order valence-electron chi connectivity index (χ0n) is 11.7. The summed E-state index contributed by atoms with van der Waals surface area (Å²) in [7, 11) is 0. The Bertz CT molecular complexity index is 630. The van der Waals surface area contributed by atoms with Crippen LogP contribution >= 0.6 is 11.3 Å². The van der Waals surface area contributed by atoms with Gasteiger partial charge in [0.1, 0.15) is 11.6 Å². The largest absolute Gasteiger partial charge is 0.481 e. The third kappa shape index (κ3) is 5.49. The molecular weight excluding hydrogens is 306 g/mol. The predicted molar refractivity (Wildman–Crippen MR) is 80.7 cm³/mol. The summed E-state index contributed by atoms with van der Waals surface area (Å²) in [5.41, 5.74) is 0.893. The molecule has 0 unspecified atom stereocenters. The van der Waals surface area contributed by atoms with Crippen molar-refractivity contribution in [2.75, 3.05) is 5.32 Å². The molecule has 22 heavy (non-hydrogen) atoms. The molecule has 0 spiro atoms. The fraction of sp³-hybridized carbons (Fsp3) is 0.286. The number of carbonyl (C=O) groups excluding carboxylic acids is 1. The van der Waals surface area contributed by atoms with E-state index in [9.17, 15) is 9.59 Å². The summed E-state index contributed by atoms with van der Waals surface area (Å²) in [6.07, 6.45) is 0.492. The number of hydrogen-bond acceptors (Lipinski definition) is 6. The molecule has 116 valence electrons. The van der Waals surface area contributed by atoms with E-state index in [0.717, 1.165) is 5.56 Å². The number of hydrogen-bond donors (Lipinski definition) is 2. The Morgan fingerprint density at radius 1 is 1.23 bits per heavy atom. The van der Waals surface area contributed by atoms with Gasteiger partial charge in [0.05, 0.1) is 0 Å². The highest BCUT2D eigenvalue weighted by Crippen LogP contribution is 2.17. The van der Waals surface area contributed by atoms with Crippen molar-refractivity contribution in [1.82, 2.24) is 10.2 Å². The van der Waals surface area contributed by atoms with Crippen LogP contribution in [0.25, 0.3) is 0 Å². The molecule has 7 nitrogen and oxygen atoms in total. The van der Waals surface area contributed by atoms with E-state index < -0.39 is 12.1 Å². The third-order valence-corrected chi connectivity index (χ3v) is 3.57. The van der Waals surface area contributed by atoms with Crippen LogP contribution in [0.5, 0.6) is 0 Å². The first-order valence-corrected chi connectivity index (χ1v) is 7.47. The molecule has 1 aromatic heterocycles. The SMILES string of the molecule is O=C(O)CCCc1nnc(NC(=O)OCc2ccccc2)s1. The zero-order valence-corrected chi connectivity index (χ0v) is 12.5. The smallest absolute Gasteiger partial charge is 0.413 e. The first kappa shape index (κ1) is 15.9. The van der Waals surface area contributed by atoms with Gasteiger partial charge in [0.15, 0.2) is 0 Å². The fourth-order valence-electron chi connectivity index (χ4n) is 1.64. The molecule has 8 heteroatoms. The van der Waals surface area contributed by atoms with Crippen molar-refractivity contribution in [3.05, 3.63) is 40.9 Å². The van der Waals surface area contributed by atoms with Gasteiger partial charge >= 0.3 is 12.1 Å². The van der Waals surface area contributed by atoms with E-state index in [2.05, 4.69) is 15.5 Å². The molecule has 0 bridgehead atoms. The van der Waals surface area contributed by atoms with Crippen LogP contribution in [-0.4, -0.2) is 27.4 Å². The molecule has 0 atom stereocenters. The number of amides is 1. The Morgan fingerprint density at radius 2 is 2.00 bits per heavy atom. The average Bonchev–Trinajstić information content (AvgIpc) is 2.93. The molecular formula is C14H15N3O4S. The number of rotatable bonds is 7. The Labute approximate surface area is 131 Å². The molecule has 1 amide bonds. The minimum Gasteiger partial charge on any atom is -0.481 e. The summed E-state index contributed by atoms with van der Waals surface area (Å²) in [5.74, 6) is -0.840. The van der Waals surface area contributed by atoms with E-state index in [0.29, 0.717) is 23.0 Å². The van der Waals surface area contributed by atoms with Gasteiger partial charge in [-0.05, 0) is 12.0 Å². The highest BCUT2D eigenvalue weighted by molar-refractivity contribution is 7.15. The van der Waals surface area contributed by atoms with Crippen molar-refractivity contribution in [2.45, 2.75) is 25.9 Å². The standard InChI is InChI=1S/C14H15N3O4S/c18-12(19)8-4-7-11-16-17-13(22-11)15-14(20)21-9-10-5-2-1-3-6-10/h1-3,5-6H,4,7-9H2,(H,18,19)(H,15,17,20). The van der Waals surface area contributed by atoms with Gasteiger partial charge in [-0.15, -0.1) is 10.2 Å². The monoisotopic (exact) mass is 321 g/mol. The molecule has 2 N–H and O–H groups in total. The predicted octanol–water partition coefficient (Wildman–Crippen LogP) is 2.69. The van der Waals surface area contributed by atoms with Crippen LogP contribution in [-0.2, 0) is 22.6 Å². The fourth-order valence-corrected chi connectivity index (χ4v) is 2.41. The Morgan fingerprint density at radius 3 is 2.73 bits per heavy atom. The van der Waals surface area contributed by atoms with Gasteiger partial charge < -0.3 is 9.84 Å². The van der Waals surface area contributed by atoms with Gasteiger partial charge in [-0.1, -0.05) is 41.7 Å². The number of nitrogens with one attached hydrogen (secondary N) is 1. The number of benzene rings is 1. The Balaban J connectivity index is 1.75. The molecule has 0 aliphatic heterocycles. The van der Waals surface area contributed by atoms with Crippen LogP contribution in [0.4, 0.5) is 9.93 Å². The first-order valence-electron chi connectivity index (χ1n) is 6.65. The van der Waals surface area contributed by atoms with E-state index in [1.54, 1.807) is 0 Å². The zero-order chi connectivity index (χ0) is 15.8. The number of carboxylic acid groups (broad SMARTS) is 1. The van der Waals surface area contributed by atoms with Crippen LogP contribution in [0.3, 0.4) is 0 Å². The summed E-state index contributed by atoms with van der Waals surface area (Å²) < 4.78 is 5.06. The Kier molecular flexibility index (Phi) is 5.84. The molecule has 0 aliphatic carbocycles. The highest BCUT2D eigenvalue weighted by atomic mass is 32.1. The van der Waals surface area contributed by atoms with Crippen molar-refractivity contribution in [2.24, 2.45) is 0 Å². The van der Waals surface area contributed by atoms with E-state index in [4.69, 9.17) is 9.84 Å². The summed E-state index contributed by atoms with van der Waals surface area (Å²) in [5, 5.41) is 19.8. The highest BCUT2D eigenvalue weighted by Gasteiger charge is 2.09. The van der Waals surface area contributed by atoms with Crippen LogP contribution in [0.2, 0.25) is 0 Å². The number of ether oxygens (including phenoxy) is 1. The summed E-state index contributed by atoms with van der Waals surface area (Å²) in [6, 6.07) is 9.34. The van der Waals surface area contributed by atoms with Crippen molar-refractivity contribution in [3.8, 4) is 0 Å². The topological polar surface area (TPSA) is 101 Å². The third-order valence-electron chi connectivity index (χ3n) is 2.67. The van der Waals surface area contributed by atoms with E-state index in [1.165, 1.54) is 11.3 Å². The second-order valence-electron chi connectivity index (χ2n) is 4.43. The quantitative estimate of drug-likeness (QED) is 0.813. The second-order valence-corrected chi connectivity index (χ2v) is 5.50. The number of aryl methyl sites for hydroxylation is 1. The maximum Gasteiger partial charge on any atom is 0.413 e. The molecule has 0 saturated carbocycles. The van der Waals surface area contributed by atoms with Crippen molar-refractivity contribution in [1.29, 1.82) is 0 Å². The van der Waals surface area contributed by atoms with Crippen molar-refractivity contribution >= 4 is 28.5 Å². The first-order chi connectivity index (χ1) is 10.6. The minimum absolute atomic E-state index is 0.0848. The molecule has 1 heterocycles. The van der Waals surface area contributed by atoms with E-state index in [1.807, 2.05) is 30.3 Å². The van der Waals surface area contributed by atoms with Gasteiger partial charge in [-0.25, -0.2) is 4.79 Å². The van der Waals surface area contributed by atoms with E-state index in [-0.39, 0.29) is 13.0 Å². The summed E-state index contributed by atoms with van der Waals surface area (Å²) in [6.45, 7) is 0.178. The van der Waals surface area contributed by atoms with Gasteiger partial charge in [0.25, 0.3) is 0 Å². The maximum atomic E-state index is 11.6. The number of carboxylic acids is 1. The van der Waals surface area contributed by atoms with E-state index >= 15 is 0 Å². The number of nitrogens with zero attached hydrogens (tertiary/aromatic N) is 2. The van der Waals surface area contributed by atoms with Gasteiger partial charge in [-0.2, -0.15) is 0 Å². The lowest BCUT2D eigenvalue weighted by Crippen LogP contribution is -2.13. The number of aliphatic carboxylic acids is 1. The lowest BCUT2D eigenvalue weighted by molar-refractivity contribution is -0.137. The van der Waals surface area contributed by atoms with Gasteiger partial charge in [0, 0.05) is 12.8 Å². The van der Waals surface area contributed by atoms with Crippen molar-refractivity contribution in [3.63, 3.8) is 0 Å². The van der Waals surface area contributed by atoms with Crippen molar-refractivity contribution < 1.29 is 19.4 Å². The summed E-state index contributed by atoms with van der Waals surface area (Å²) >= 11 is 1.21. The minimum atomic E-state index is -0.840. The molecule has 2 rings (SSSR count). The maximum absolute atomic E-state index is 11.6. The molecule has 0 radical (unpaired) electrons. The van der Waals surface area contributed by atoms with Crippen LogP contribution in [0.15, 0.2) is 30.3 Å². The molecule has 0 aliphatic rings. The second kappa shape index (κ2) is 8.08. The number of anilines is 1. The average molecular weight is 321 g/mol. The van der Waals surface area contributed by atoms with Gasteiger partial charge in [0.2, 0.25) is 5.13 Å². The van der Waals surface area contributed by atoms with Crippen LogP contribution in [0, 0.1) is 0 Å². The van der Waals surface area contributed by atoms with Gasteiger partial charge in [-0.3, -0.25) is 10.1 Å². The summed E-state index contributed by atoms with van der Waals surface area (Å²) in [4.78, 5) is 22.0.